The molecular formula is C12H13NO3. The van der Waals surface area contributed by atoms with Crippen molar-refractivity contribution in [2.45, 2.75) is 19.8 Å². The number of carbonyl (C=O) groups is 1. The largest absolute Gasteiger partial charge is 0.493 e. The van der Waals surface area contributed by atoms with Crippen molar-refractivity contribution in [3.05, 3.63) is 29.3 Å². The molecule has 0 aliphatic carbocycles. The summed E-state index contributed by atoms with van der Waals surface area (Å²) < 4.78 is 5.42. The van der Waals surface area contributed by atoms with Gasteiger partial charge in [-0.3, -0.25) is 4.79 Å². The Bertz CT molecular complexity index is 421. The molecule has 0 atom stereocenters. The first-order valence-corrected chi connectivity index (χ1v) is 4.99. The lowest BCUT2D eigenvalue weighted by Crippen LogP contribution is -2.03. The number of ether oxygens (including phenoxy) is 1. The zero-order valence-electron chi connectivity index (χ0n) is 9.06. The molecule has 0 radical (unpaired) electrons. The first kappa shape index (κ1) is 12.1. The smallest absolute Gasteiger partial charge is 0.303 e. The Balaban J connectivity index is 2.53. The first-order chi connectivity index (χ1) is 7.63. The van der Waals surface area contributed by atoms with Crippen LogP contribution in [0.1, 0.15) is 24.0 Å². The number of hydrogen-bond acceptors (Lipinski definition) is 3. The minimum atomic E-state index is -0.828. The van der Waals surface area contributed by atoms with Crippen LogP contribution in [0.2, 0.25) is 0 Å². The van der Waals surface area contributed by atoms with Crippen molar-refractivity contribution >= 4 is 5.97 Å². The maximum absolute atomic E-state index is 10.3. The van der Waals surface area contributed by atoms with Gasteiger partial charge < -0.3 is 9.84 Å². The second-order valence-corrected chi connectivity index (χ2v) is 3.44. The van der Waals surface area contributed by atoms with Crippen LogP contribution in [0.15, 0.2) is 18.2 Å². The van der Waals surface area contributed by atoms with E-state index < -0.39 is 5.97 Å². The van der Waals surface area contributed by atoms with Gasteiger partial charge in [-0.25, -0.2) is 0 Å². The number of carboxylic acids is 1. The highest BCUT2D eigenvalue weighted by atomic mass is 16.5. The number of benzene rings is 1. The summed E-state index contributed by atoms with van der Waals surface area (Å²) in [6.07, 6.45) is 0.558. The molecule has 0 heterocycles. The molecule has 0 unspecified atom stereocenters. The van der Waals surface area contributed by atoms with Crippen molar-refractivity contribution in [1.82, 2.24) is 0 Å². The number of carboxylic acid groups (broad SMARTS) is 1. The lowest BCUT2D eigenvalue weighted by atomic mass is 10.1. The van der Waals surface area contributed by atoms with E-state index in [9.17, 15) is 4.79 Å². The predicted molar refractivity (Wildman–Crippen MR) is 58.3 cm³/mol. The molecule has 0 aromatic heterocycles. The lowest BCUT2D eigenvalue weighted by molar-refractivity contribution is -0.137. The average Bonchev–Trinajstić information content (AvgIpc) is 2.26. The Morgan fingerprint density at radius 3 is 2.94 bits per heavy atom. The molecule has 1 aromatic rings. The van der Waals surface area contributed by atoms with Crippen molar-refractivity contribution in [2.24, 2.45) is 0 Å². The quantitative estimate of drug-likeness (QED) is 0.770. The summed E-state index contributed by atoms with van der Waals surface area (Å²) in [5, 5.41) is 17.2. The van der Waals surface area contributed by atoms with E-state index in [2.05, 4.69) is 0 Å². The second-order valence-electron chi connectivity index (χ2n) is 3.44. The number of rotatable bonds is 5. The van der Waals surface area contributed by atoms with E-state index in [-0.39, 0.29) is 6.42 Å². The van der Waals surface area contributed by atoms with E-state index >= 15 is 0 Å². The fourth-order valence-corrected chi connectivity index (χ4v) is 1.23. The predicted octanol–water partition coefficient (Wildman–Crippen LogP) is 2.11. The molecule has 4 nitrogen and oxygen atoms in total. The summed E-state index contributed by atoms with van der Waals surface area (Å²) in [6.45, 7) is 2.23. The van der Waals surface area contributed by atoms with Gasteiger partial charge in [-0.05, 0) is 31.0 Å². The van der Waals surface area contributed by atoms with Crippen LogP contribution >= 0.6 is 0 Å². The number of aliphatic carboxylic acids is 1. The number of hydrogen-bond donors (Lipinski definition) is 1. The number of nitrogens with zero attached hydrogens (tertiary/aromatic N) is 1. The van der Waals surface area contributed by atoms with Crippen molar-refractivity contribution in [2.75, 3.05) is 6.61 Å². The van der Waals surface area contributed by atoms with Crippen LogP contribution in [-0.2, 0) is 4.79 Å². The summed E-state index contributed by atoms with van der Waals surface area (Å²) >= 11 is 0. The SMILES string of the molecule is Cc1ccc(C#N)cc1OCCCC(=O)O. The minimum absolute atomic E-state index is 0.0942. The maximum Gasteiger partial charge on any atom is 0.303 e. The average molecular weight is 219 g/mol. The molecule has 0 fully saturated rings. The van der Waals surface area contributed by atoms with Gasteiger partial charge in [0.2, 0.25) is 0 Å². The summed E-state index contributed by atoms with van der Waals surface area (Å²) in [6, 6.07) is 7.22. The summed E-state index contributed by atoms with van der Waals surface area (Å²) in [4.78, 5) is 10.3. The third kappa shape index (κ3) is 3.62. The molecule has 0 aliphatic heterocycles. The monoisotopic (exact) mass is 219 g/mol. The van der Waals surface area contributed by atoms with Crippen molar-refractivity contribution in [3.8, 4) is 11.8 Å². The lowest BCUT2D eigenvalue weighted by Gasteiger charge is -2.08. The van der Waals surface area contributed by atoms with E-state index in [0.717, 1.165) is 5.56 Å². The third-order valence-corrected chi connectivity index (χ3v) is 2.11. The van der Waals surface area contributed by atoms with Gasteiger partial charge in [-0.2, -0.15) is 5.26 Å². The van der Waals surface area contributed by atoms with Gasteiger partial charge in [-0.15, -0.1) is 0 Å². The zero-order valence-corrected chi connectivity index (χ0v) is 9.06. The molecule has 0 spiro atoms. The molecule has 16 heavy (non-hydrogen) atoms. The highest BCUT2D eigenvalue weighted by Gasteiger charge is 2.02. The van der Waals surface area contributed by atoms with Crippen LogP contribution in [0.3, 0.4) is 0 Å². The van der Waals surface area contributed by atoms with E-state index in [0.29, 0.717) is 24.3 Å². The fraction of sp³-hybridized carbons (Fsp3) is 0.333. The van der Waals surface area contributed by atoms with Crippen molar-refractivity contribution < 1.29 is 14.6 Å². The highest BCUT2D eigenvalue weighted by Crippen LogP contribution is 2.19. The van der Waals surface area contributed by atoms with Crippen LogP contribution in [0.4, 0.5) is 0 Å². The molecule has 4 heteroatoms. The molecule has 0 bridgehead atoms. The van der Waals surface area contributed by atoms with Gasteiger partial charge in [0.25, 0.3) is 0 Å². The van der Waals surface area contributed by atoms with Crippen LogP contribution in [0, 0.1) is 18.3 Å². The van der Waals surface area contributed by atoms with E-state index in [1.807, 2.05) is 19.1 Å². The first-order valence-electron chi connectivity index (χ1n) is 4.99. The van der Waals surface area contributed by atoms with Crippen LogP contribution in [-0.4, -0.2) is 17.7 Å². The fourth-order valence-electron chi connectivity index (χ4n) is 1.23. The van der Waals surface area contributed by atoms with Crippen molar-refractivity contribution in [3.63, 3.8) is 0 Å². The molecular weight excluding hydrogens is 206 g/mol. The second kappa shape index (κ2) is 5.76. The molecule has 84 valence electrons. The highest BCUT2D eigenvalue weighted by molar-refractivity contribution is 5.66. The Hall–Kier alpha value is -2.02. The molecule has 0 amide bonds. The van der Waals surface area contributed by atoms with Crippen LogP contribution < -0.4 is 4.74 Å². The normalized spacial score (nSPS) is 9.50. The molecule has 1 rings (SSSR count). The van der Waals surface area contributed by atoms with Crippen LogP contribution in [0.25, 0.3) is 0 Å². The Morgan fingerprint density at radius 1 is 1.56 bits per heavy atom. The molecule has 1 N–H and O–H groups in total. The number of aryl methyl sites for hydroxylation is 1. The third-order valence-electron chi connectivity index (χ3n) is 2.11. The molecule has 0 saturated heterocycles. The van der Waals surface area contributed by atoms with Gasteiger partial charge in [0.1, 0.15) is 5.75 Å². The van der Waals surface area contributed by atoms with Crippen LogP contribution in [0.5, 0.6) is 5.75 Å². The summed E-state index contributed by atoms with van der Waals surface area (Å²) in [5.74, 6) is -0.185. The minimum Gasteiger partial charge on any atom is -0.493 e. The van der Waals surface area contributed by atoms with Gasteiger partial charge in [0.05, 0.1) is 18.2 Å². The summed E-state index contributed by atoms with van der Waals surface area (Å²) in [7, 11) is 0. The molecule has 0 aliphatic rings. The molecule has 1 aromatic carbocycles. The van der Waals surface area contributed by atoms with Gasteiger partial charge in [0.15, 0.2) is 0 Å². The van der Waals surface area contributed by atoms with E-state index in [1.165, 1.54) is 0 Å². The van der Waals surface area contributed by atoms with Gasteiger partial charge >= 0.3 is 5.97 Å². The number of nitriles is 1. The Labute approximate surface area is 94.1 Å². The van der Waals surface area contributed by atoms with Crippen molar-refractivity contribution in [1.29, 1.82) is 5.26 Å². The van der Waals surface area contributed by atoms with E-state index in [1.54, 1.807) is 12.1 Å². The zero-order chi connectivity index (χ0) is 12.0. The Kier molecular flexibility index (Phi) is 4.34. The standard InChI is InChI=1S/C12H13NO3/c1-9-4-5-10(8-13)7-11(9)16-6-2-3-12(14)15/h4-5,7H,2-3,6H2,1H3,(H,14,15). The molecule has 0 saturated carbocycles. The Morgan fingerprint density at radius 2 is 2.31 bits per heavy atom. The van der Waals surface area contributed by atoms with Gasteiger partial charge in [-0.1, -0.05) is 6.07 Å². The topological polar surface area (TPSA) is 70.3 Å². The maximum atomic E-state index is 10.3. The van der Waals surface area contributed by atoms with E-state index in [4.69, 9.17) is 15.1 Å². The van der Waals surface area contributed by atoms with Gasteiger partial charge in [0, 0.05) is 6.42 Å². The summed E-state index contributed by atoms with van der Waals surface area (Å²) in [5.41, 5.74) is 1.48.